The number of nitrogens with zero attached hydrogens (tertiary/aromatic N) is 5. The van der Waals surface area contributed by atoms with E-state index in [-0.39, 0.29) is 23.0 Å². The summed E-state index contributed by atoms with van der Waals surface area (Å²) in [5.41, 5.74) is 0.460. The molecule has 1 amide bonds. The average Bonchev–Trinajstić information content (AvgIpc) is 3.00. The molecular formula is C15H15N7O3S. The van der Waals surface area contributed by atoms with Crippen molar-refractivity contribution in [1.29, 1.82) is 0 Å². The highest BCUT2D eigenvalue weighted by atomic mass is 32.2. The number of pyridine rings is 1. The third-order valence-electron chi connectivity index (χ3n) is 3.38. The largest absolute Gasteiger partial charge is 0.326 e. The Balaban J connectivity index is 1.66. The van der Waals surface area contributed by atoms with Gasteiger partial charge in [-0.05, 0) is 46.8 Å². The van der Waals surface area contributed by atoms with Crippen LogP contribution >= 0.6 is 0 Å². The zero-order valence-electron chi connectivity index (χ0n) is 13.7. The van der Waals surface area contributed by atoms with Crippen molar-refractivity contribution in [3.05, 3.63) is 54.5 Å². The maximum atomic E-state index is 12.3. The number of rotatable bonds is 6. The van der Waals surface area contributed by atoms with Crippen LogP contribution in [0.25, 0.3) is 0 Å². The van der Waals surface area contributed by atoms with E-state index in [0.29, 0.717) is 11.5 Å². The van der Waals surface area contributed by atoms with Gasteiger partial charge in [0.15, 0.2) is 5.82 Å². The standard InChI is InChI=1S/C15H15N7O3S/c1-22-14(18-20-21-22)10-15(23)17-11-5-7-12(8-6-11)26(24,25)19-13-4-2-3-9-16-13/h2-9H,10H2,1H3,(H,16,19)(H,17,23). The average molecular weight is 373 g/mol. The number of aryl methyl sites for hydroxylation is 1. The van der Waals surface area contributed by atoms with E-state index in [9.17, 15) is 13.2 Å². The first-order valence-corrected chi connectivity index (χ1v) is 8.97. The van der Waals surface area contributed by atoms with E-state index in [1.165, 1.54) is 35.1 Å². The molecule has 0 aliphatic heterocycles. The van der Waals surface area contributed by atoms with Crippen LogP contribution in [0.3, 0.4) is 0 Å². The molecule has 2 aromatic heterocycles. The van der Waals surface area contributed by atoms with Crippen LogP contribution in [0, 0.1) is 0 Å². The maximum absolute atomic E-state index is 12.3. The molecule has 0 atom stereocenters. The Labute approximate surface area is 149 Å². The topological polar surface area (TPSA) is 132 Å². The monoisotopic (exact) mass is 373 g/mol. The van der Waals surface area contributed by atoms with Crippen molar-refractivity contribution in [2.75, 3.05) is 10.0 Å². The maximum Gasteiger partial charge on any atom is 0.263 e. The molecule has 11 heteroatoms. The SMILES string of the molecule is Cn1nnnc1CC(=O)Nc1ccc(S(=O)(=O)Nc2ccccn2)cc1. The quantitative estimate of drug-likeness (QED) is 0.646. The van der Waals surface area contributed by atoms with Crippen LogP contribution in [0.2, 0.25) is 0 Å². The molecule has 2 heterocycles. The third kappa shape index (κ3) is 4.19. The van der Waals surface area contributed by atoms with Gasteiger partial charge in [0, 0.05) is 18.9 Å². The number of carbonyl (C=O) groups excluding carboxylic acids is 1. The molecule has 0 fully saturated rings. The molecule has 0 saturated heterocycles. The van der Waals surface area contributed by atoms with Gasteiger partial charge in [-0.25, -0.2) is 18.1 Å². The zero-order chi connectivity index (χ0) is 18.6. The van der Waals surface area contributed by atoms with Gasteiger partial charge in [0.25, 0.3) is 10.0 Å². The number of amides is 1. The van der Waals surface area contributed by atoms with Gasteiger partial charge in [-0.1, -0.05) is 6.07 Å². The summed E-state index contributed by atoms with van der Waals surface area (Å²) in [6, 6.07) is 10.7. The van der Waals surface area contributed by atoms with Gasteiger partial charge in [-0.15, -0.1) is 5.10 Å². The minimum Gasteiger partial charge on any atom is -0.326 e. The highest BCUT2D eigenvalue weighted by Crippen LogP contribution is 2.17. The number of nitrogens with one attached hydrogen (secondary N) is 2. The van der Waals surface area contributed by atoms with Crippen molar-refractivity contribution in [2.45, 2.75) is 11.3 Å². The second-order valence-electron chi connectivity index (χ2n) is 5.29. The normalized spacial score (nSPS) is 11.1. The molecule has 1 aromatic carbocycles. The van der Waals surface area contributed by atoms with Crippen LogP contribution in [0.15, 0.2) is 53.6 Å². The molecular weight excluding hydrogens is 358 g/mol. The van der Waals surface area contributed by atoms with Crippen LogP contribution in [0.5, 0.6) is 0 Å². The summed E-state index contributed by atoms with van der Waals surface area (Å²) >= 11 is 0. The molecule has 0 bridgehead atoms. The van der Waals surface area contributed by atoms with Gasteiger partial charge in [-0.2, -0.15) is 0 Å². The summed E-state index contributed by atoms with van der Waals surface area (Å²) in [4.78, 5) is 16.0. The van der Waals surface area contributed by atoms with E-state index in [0.717, 1.165) is 0 Å². The lowest BCUT2D eigenvalue weighted by molar-refractivity contribution is -0.115. The van der Waals surface area contributed by atoms with Crippen molar-refractivity contribution in [2.24, 2.45) is 7.05 Å². The Kier molecular flexibility index (Phi) is 4.89. The Morgan fingerprint density at radius 2 is 1.92 bits per heavy atom. The van der Waals surface area contributed by atoms with E-state index >= 15 is 0 Å². The number of hydrogen-bond donors (Lipinski definition) is 2. The molecule has 0 aliphatic rings. The van der Waals surface area contributed by atoms with Crippen molar-refractivity contribution in [3.63, 3.8) is 0 Å². The lowest BCUT2D eigenvalue weighted by atomic mass is 10.3. The van der Waals surface area contributed by atoms with Crippen LogP contribution < -0.4 is 10.0 Å². The highest BCUT2D eigenvalue weighted by molar-refractivity contribution is 7.92. The first-order valence-electron chi connectivity index (χ1n) is 7.49. The Morgan fingerprint density at radius 3 is 2.54 bits per heavy atom. The van der Waals surface area contributed by atoms with Gasteiger partial charge in [0.05, 0.1) is 11.3 Å². The number of benzene rings is 1. The molecule has 3 rings (SSSR count). The predicted molar refractivity (Wildman–Crippen MR) is 92.6 cm³/mol. The Hall–Kier alpha value is -3.34. The van der Waals surface area contributed by atoms with E-state index < -0.39 is 10.0 Å². The van der Waals surface area contributed by atoms with Crippen molar-refractivity contribution < 1.29 is 13.2 Å². The molecule has 0 saturated carbocycles. The Morgan fingerprint density at radius 1 is 1.15 bits per heavy atom. The lowest BCUT2D eigenvalue weighted by Crippen LogP contribution is -2.17. The molecule has 3 aromatic rings. The highest BCUT2D eigenvalue weighted by Gasteiger charge is 2.15. The van der Waals surface area contributed by atoms with Crippen molar-refractivity contribution in [3.8, 4) is 0 Å². The van der Waals surface area contributed by atoms with E-state index in [4.69, 9.17) is 0 Å². The number of tetrazole rings is 1. The number of carbonyl (C=O) groups is 1. The van der Waals surface area contributed by atoms with Gasteiger partial charge >= 0.3 is 0 Å². The molecule has 26 heavy (non-hydrogen) atoms. The van der Waals surface area contributed by atoms with Crippen molar-refractivity contribution >= 4 is 27.4 Å². The summed E-state index contributed by atoms with van der Waals surface area (Å²) in [5, 5.41) is 13.5. The molecule has 0 radical (unpaired) electrons. The first-order chi connectivity index (χ1) is 12.4. The zero-order valence-corrected chi connectivity index (χ0v) is 14.5. The van der Waals surface area contributed by atoms with Gasteiger partial charge in [-0.3, -0.25) is 9.52 Å². The van der Waals surface area contributed by atoms with Gasteiger partial charge < -0.3 is 5.32 Å². The van der Waals surface area contributed by atoms with E-state index in [1.54, 1.807) is 25.2 Å². The molecule has 10 nitrogen and oxygen atoms in total. The summed E-state index contributed by atoms with van der Waals surface area (Å²) in [6.07, 6.45) is 1.49. The smallest absolute Gasteiger partial charge is 0.263 e. The summed E-state index contributed by atoms with van der Waals surface area (Å²) in [5.74, 6) is 0.327. The summed E-state index contributed by atoms with van der Waals surface area (Å²) in [7, 11) is -2.12. The van der Waals surface area contributed by atoms with Gasteiger partial charge in [0.2, 0.25) is 5.91 Å². The van der Waals surface area contributed by atoms with Crippen molar-refractivity contribution in [1.82, 2.24) is 25.2 Å². The number of aromatic nitrogens is 5. The van der Waals surface area contributed by atoms with Crippen LogP contribution in [-0.2, 0) is 28.3 Å². The van der Waals surface area contributed by atoms with Crippen LogP contribution in [-0.4, -0.2) is 39.5 Å². The summed E-state index contributed by atoms with van der Waals surface area (Å²) < 4.78 is 28.4. The lowest BCUT2D eigenvalue weighted by Gasteiger charge is -2.08. The molecule has 0 unspecified atom stereocenters. The fraction of sp³-hybridized carbons (Fsp3) is 0.133. The van der Waals surface area contributed by atoms with Crippen LogP contribution in [0.1, 0.15) is 5.82 Å². The molecule has 0 spiro atoms. The second kappa shape index (κ2) is 7.27. The second-order valence-corrected chi connectivity index (χ2v) is 6.97. The summed E-state index contributed by atoms with van der Waals surface area (Å²) in [6.45, 7) is 0. The molecule has 2 N–H and O–H groups in total. The van der Waals surface area contributed by atoms with E-state index in [2.05, 4.69) is 30.5 Å². The minimum atomic E-state index is -3.76. The number of sulfonamides is 1. The third-order valence-corrected chi connectivity index (χ3v) is 4.75. The minimum absolute atomic E-state index is 0.00474. The predicted octanol–water partition coefficient (Wildman–Crippen LogP) is 0.587. The fourth-order valence-electron chi connectivity index (χ4n) is 2.08. The van der Waals surface area contributed by atoms with Gasteiger partial charge in [0.1, 0.15) is 5.82 Å². The first kappa shape index (κ1) is 17.5. The van der Waals surface area contributed by atoms with Crippen LogP contribution in [0.4, 0.5) is 11.5 Å². The molecule has 0 aliphatic carbocycles. The van der Waals surface area contributed by atoms with E-state index in [1.807, 2.05) is 0 Å². The Bertz CT molecular complexity index is 1000. The number of anilines is 2. The fourth-order valence-corrected chi connectivity index (χ4v) is 3.09. The number of hydrogen-bond acceptors (Lipinski definition) is 7. The molecule has 134 valence electrons.